The van der Waals surface area contributed by atoms with E-state index in [1.165, 1.54) is 0 Å². The normalized spacial score (nSPS) is 10.3. The molecular formula is C12H20N4O. The molecule has 0 saturated carbocycles. The van der Waals surface area contributed by atoms with Crippen molar-refractivity contribution in [3.05, 3.63) is 30.1 Å². The predicted octanol–water partition coefficient (Wildman–Crippen LogP) is 0.883. The molecule has 0 unspecified atom stereocenters. The van der Waals surface area contributed by atoms with E-state index in [1.54, 1.807) is 13.3 Å². The molecule has 0 amide bonds. The van der Waals surface area contributed by atoms with Gasteiger partial charge in [-0.1, -0.05) is 6.08 Å². The molecule has 0 bridgehead atoms. The molecule has 0 radical (unpaired) electrons. The van der Waals surface area contributed by atoms with Crippen molar-refractivity contribution in [1.82, 2.24) is 9.97 Å². The van der Waals surface area contributed by atoms with Crippen molar-refractivity contribution in [1.29, 1.82) is 0 Å². The second kappa shape index (κ2) is 6.98. The standard InChI is InChI=1S/C12H20N4O/c1-4-5-16(6-7-17-3)12-14-9-11(8-13)10(2)15-12/h4,9H,1,5-8,13H2,2-3H3. The lowest BCUT2D eigenvalue weighted by Crippen LogP contribution is -2.29. The van der Waals surface area contributed by atoms with Crippen LogP contribution in [0.2, 0.25) is 0 Å². The number of aryl methyl sites for hydroxylation is 1. The molecule has 0 aliphatic rings. The Bertz CT molecular complexity index is 368. The first-order valence-electron chi connectivity index (χ1n) is 5.60. The molecule has 0 aromatic carbocycles. The van der Waals surface area contributed by atoms with Crippen LogP contribution in [0.1, 0.15) is 11.3 Å². The van der Waals surface area contributed by atoms with Crippen LogP contribution in [0.25, 0.3) is 0 Å². The van der Waals surface area contributed by atoms with Crippen LogP contribution in [0.4, 0.5) is 5.95 Å². The van der Waals surface area contributed by atoms with E-state index < -0.39 is 0 Å². The third-order valence-electron chi connectivity index (χ3n) is 2.49. The molecule has 1 rings (SSSR count). The summed E-state index contributed by atoms with van der Waals surface area (Å²) in [6.45, 7) is 8.21. The Labute approximate surface area is 102 Å². The zero-order chi connectivity index (χ0) is 12.7. The van der Waals surface area contributed by atoms with Gasteiger partial charge in [0.15, 0.2) is 0 Å². The first-order chi connectivity index (χ1) is 8.22. The van der Waals surface area contributed by atoms with Crippen LogP contribution < -0.4 is 10.6 Å². The van der Waals surface area contributed by atoms with Gasteiger partial charge in [-0.15, -0.1) is 6.58 Å². The van der Waals surface area contributed by atoms with Gasteiger partial charge in [-0.25, -0.2) is 9.97 Å². The summed E-state index contributed by atoms with van der Waals surface area (Å²) in [5.41, 5.74) is 7.48. The van der Waals surface area contributed by atoms with Crippen molar-refractivity contribution in [2.45, 2.75) is 13.5 Å². The fourth-order valence-corrected chi connectivity index (χ4v) is 1.46. The highest BCUT2D eigenvalue weighted by Gasteiger charge is 2.09. The first-order valence-corrected chi connectivity index (χ1v) is 5.60. The van der Waals surface area contributed by atoms with Crippen LogP contribution in [0.3, 0.4) is 0 Å². The van der Waals surface area contributed by atoms with Gasteiger partial charge < -0.3 is 15.4 Å². The summed E-state index contributed by atoms with van der Waals surface area (Å²) < 4.78 is 5.06. The molecule has 1 heterocycles. The van der Waals surface area contributed by atoms with Crippen LogP contribution in [0.15, 0.2) is 18.9 Å². The van der Waals surface area contributed by atoms with Crippen LogP contribution in [0.5, 0.6) is 0 Å². The Morgan fingerprint density at radius 1 is 1.59 bits per heavy atom. The second-order valence-electron chi connectivity index (χ2n) is 3.71. The van der Waals surface area contributed by atoms with Gasteiger partial charge in [0, 0.05) is 44.2 Å². The maximum Gasteiger partial charge on any atom is 0.225 e. The minimum atomic E-state index is 0.464. The van der Waals surface area contributed by atoms with Crippen molar-refractivity contribution in [3.63, 3.8) is 0 Å². The van der Waals surface area contributed by atoms with Gasteiger partial charge in [0.05, 0.1) is 6.61 Å². The number of anilines is 1. The van der Waals surface area contributed by atoms with Crippen LogP contribution >= 0.6 is 0 Å². The summed E-state index contributed by atoms with van der Waals surface area (Å²) in [4.78, 5) is 10.8. The van der Waals surface area contributed by atoms with Crippen LogP contribution in [-0.4, -0.2) is 36.8 Å². The number of hydrogen-bond donors (Lipinski definition) is 1. The molecule has 5 nitrogen and oxygen atoms in total. The van der Waals surface area contributed by atoms with Gasteiger partial charge in [0.1, 0.15) is 0 Å². The van der Waals surface area contributed by atoms with Gasteiger partial charge in [-0.05, 0) is 6.92 Å². The van der Waals surface area contributed by atoms with E-state index in [0.717, 1.165) is 17.8 Å². The molecule has 1 aromatic heterocycles. The molecule has 17 heavy (non-hydrogen) atoms. The summed E-state index contributed by atoms with van der Waals surface area (Å²) in [5.74, 6) is 0.691. The molecule has 0 atom stereocenters. The smallest absolute Gasteiger partial charge is 0.225 e. The molecule has 0 saturated heterocycles. The fourth-order valence-electron chi connectivity index (χ4n) is 1.46. The first kappa shape index (κ1) is 13.6. The second-order valence-corrected chi connectivity index (χ2v) is 3.71. The van der Waals surface area contributed by atoms with Crippen molar-refractivity contribution < 1.29 is 4.74 Å². The number of ether oxygens (including phenoxy) is 1. The zero-order valence-corrected chi connectivity index (χ0v) is 10.5. The Balaban J connectivity index is 2.85. The van der Waals surface area contributed by atoms with E-state index >= 15 is 0 Å². The highest BCUT2D eigenvalue weighted by Crippen LogP contribution is 2.10. The van der Waals surface area contributed by atoms with E-state index in [-0.39, 0.29) is 0 Å². The maximum atomic E-state index is 5.59. The highest BCUT2D eigenvalue weighted by atomic mass is 16.5. The lowest BCUT2D eigenvalue weighted by Gasteiger charge is -2.21. The van der Waals surface area contributed by atoms with Gasteiger partial charge >= 0.3 is 0 Å². The molecule has 0 spiro atoms. The molecule has 0 fully saturated rings. The van der Waals surface area contributed by atoms with Crippen LogP contribution in [0, 0.1) is 6.92 Å². The van der Waals surface area contributed by atoms with Crippen LogP contribution in [-0.2, 0) is 11.3 Å². The highest BCUT2D eigenvalue weighted by molar-refractivity contribution is 5.33. The van der Waals surface area contributed by atoms with Gasteiger partial charge in [0.25, 0.3) is 0 Å². The number of nitrogens with two attached hydrogens (primary N) is 1. The monoisotopic (exact) mass is 236 g/mol. The summed E-state index contributed by atoms with van der Waals surface area (Å²) in [6, 6.07) is 0. The molecule has 5 heteroatoms. The molecule has 94 valence electrons. The average molecular weight is 236 g/mol. The summed E-state index contributed by atoms with van der Waals surface area (Å²) >= 11 is 0. The third kappa shape index (κ3) is 3.80. The number of nitrogens with zero attached hydrogens (tertiary/aromatic N) is 3. The Morgan fingerprint density at radius 3 is 2.88 bits per heavy atom. The lowest BCUT2D eigenvalue weighted by molar-refractivity contribution is 0.205. The number of rotatable bonds is 7. The molecule has 0 aliphatic carbocycles. The predicted molar refractivity (Wildman–Crippen MR) is 68.9 cm³/mol. The minimum Gasteiger partial charge on any atom is -0.383 e. The van der Waals surface area contributed by atoms with Crippen molar-refractivity contribution >= 4 is 5.95 Å². The average Bonchev–Trinajstić information content (AvgIpc) is 2.34. The lowest BCUT2D eigenvalue weighted by atomic mass is 10.2. The van der Waals surface area contributed by atoms with E-state index in [2.05, 4.69) is 16.5 Å². The topological polar surface area (TPSA) is 64.3 Å². The SMILES string of the molecule is C=CCN(CCOC)c1ncc(CN)c(C)n1. The summed E-state index contributed by atoms with van der Waals surface area (Å²) in [7, 11) is 1.68. The van der Waals surface area contributed by atoms with Crippen molar-refractivity contribution in [3.8, 4) is 0 Å². The Morgan fingerprint density at radius 2 is 2.35 bits per heavy atom. The largest absolute Gasteiger partial charge is 0.383 e. The maximum absolute atomic E-state index is 5.59. The van der Waals surface area contributed by atoms with E-state index in [9.17, 15) is 0 Å². The van der Waals surface area contributed by atoms with E-state index in [0.29, 0.717) is 25.6 Å². The minimum absolute atomic E-state index is 0.464. The molecular weight excluding hydrogens is 216 g/mol. The van der Waals surface area contributed by atoms with Gasteiger partial charge in [-0.2, -0.15) is 0 Å². The Kier molecular flexibility index (Phi) is 5.59. The Hall–Kier alpha value is -1.46. The molecule has 0 aliphatic heterocycles. The van der Waals surface area contributed by atoms with E-state index in [4.69, 9.17) is 10.5 Å². The van der Waals surface area contributed by atoms with Crippen molar-refractivity contribution in [2.24, 2.45) is 5.73 Å². The number of aromatic nitrogens is 2. The van der Waals surface area contributed by atoms with Crippen molar-refractivity contribution in [2.75, 3.05) is 31.7 Å². The molecule has 1 aromatic rings. The third-order valence-corrected chi connectivity index (χ3v) is 2.49. The molecule has 2 N–H and O–H groups in total. The van der Waals surface area contributed by atoms with E-state index in [1.807, 2.05) is 17.9 Å². The fraction of sp³-hybridized carbons (Fsp3) is 0.500. The number of hydrogen-bond acceptors (Lipinski definition) is 5. The number of methoxy groups -OCH3 is 1. The van der Waals surface area contributed by atoms with Gasteiger partial charge in [-0.3, -0.25) is 0 Å². The summed E-state index contributed by atoms with van der Waals surface area (Å²) in [6.07, 6.45) is 3.60. The zero-order valence-electron chi connectivity index (χ0n) is 10.5. The van der Waals surface area contributed by atoms with Gasteiger partial charge in [0.2, 0.25) is 5.95 Å². The quantitative estimate of drug-likeness (QED) is 0.712. The summed E-state index contributed by atoms with van der Waals surface area (Å²) in [5, 5.41) is 0.